The second kappa shape index (κ2) is 5.13. The van der Waals surface area contributed by atoms with Crippen molar-refractivity contribution in [3.8, 4) is 0 Å². The SMILES string of the molecule is CCCN(CC1CCCCN1)C1CC1. The van der Waals surface area contributed by atoms with E-state index in [2.05, 4.69) is 17.1 Å². The van der Waals surface area contributed by atoms with E-state index in [4.69, 9.17) is 0 Å². The fraction of sp³-hybridized carbons (Fsp3) is 1.00. The lowest BCUT2D eigenvalue weighted by molar-refractivity contribution is 0.216. The van der Waals surface area contributed by atoms with Crippen LogP contribution in [0, 0.1) is 0 Å². The molecule has 0 bridgehead atoms. The fourth-order valence-corrected chi connectivity index (χ4v) is 2.51. The van der Waals surface area contributed by atoms with E-state index in [1.807, 2.05) is 0 Å². The van der Waals surface area contributed by atoms with Gasteiger partial charge in [-0.15, -0.1) is 0 Å². The van der Waals surface area contributed by atoms with Gasteiger partial charge in [0.05, 0.1) is 0 Å². The Hall–Kier alpha value is -0.0800. The summed E-state index contributed by atoms with van der Waals surface area (Å²) < 4.78 is 0. The average Bonchev–Trinajstić information content (AvgIpc) is 3.02. The van der Waals surface area contributed by atoms with E-state index >= 15 is 0 Å². The van der Waals surface area contributed by atoms with Gasteiger partial charge in [-0.2, -0.15) is 0 Å². The summed E-state index contributed by atoms with van der Waals surface area (Å²) in [5, 5.41) is 3.65. The smallest absolute Gasteiger partial charge is 0.0195 e. The molecule has 2 aliphatic rings. The Labute approximate surface area is 88.1 Å². The lowest BCUT2D eigenvalue weighted by Crippen LogP contribution is -2.44. The molecule has 2 fully saturated rings. The van der Waals surface area contributed by atoms with Crippen molar-refractivity contribution in [3.63, 3.8) is 0 Å². The van der Waals surface area contributed by atoms with Crippen molar-refractivity contribution < 1.29 is 0 Å². The number of hydrogen-bond donors (Lipinski definition) is 1. The molecule has 1 saturated carbocycles. The van der Waals surface area contributed by atoms with Gasteiger partial charge >= 0.3 is 0 Å². The Bertz CT molecular complexity index is 160. The first-order chi connectivity index (χ1) is 6.90. The quantitative estimate of drug-likeness (QED) is 0.723. The highest BCUT2D eigenvalue weighted by Gasteiger charge is 2.29. The molecule has 1 atom stereocenters. The lowest BCUT2D eigenvalue weighted by atomic mass is 10.0. The van der Waals surface area contributed by atoms with Crippen LogP contribution in [0.3, 0.4) is 0 Å². The summed E-state index contributed by atoms with van der Waals surface area (Å²) in [5.41, 5.74) is 0. The summed E-state index contributed by atoms with van der Waals surface area (Å²) in [6.45, 7) is 6.15. The molecule has 1 aliphatic carbocycles. The zero-order valence-electron chi connectivity index (χ0n) is 9.47. The normalized spacial score (nSPS) is 28.3. The number of nitrogens with zero attached hydrogens (tertiary/aromatic N) is 1. The molecule has 2 heteroatoms. The highest BCUT2D eigenvalue weighted by Crippen LogP contribution is 2.27. The Balaban J connectivity index is 1.73. The van der Waals surface area contributed by atoms with Gasteiger partial charge in [0.15, 0.2) is 0 Å². The molecule has 1 N–H and O–H groups in total. The van der Waals surface area contributed by atoms with Crippen LogP contribution < -0.4 is 5.32 Å². The molecule has 2 rings (SSSR count). The molecule has 1 unspecified atom stereocenters. The van der Waals surface area contributed by atoms with E-state index in [9.17, 15) is 0 Å². The van der Waals surface area contributed by atoms with Crippen LogP contribution in [0.2, 0.25) is 0 Å². The van der Waals surface area contributed by atoms with Crippen molar-refractivity contribution in [2.75, 3.05) is 19.6 Å². The van der Waals surface area contributed by atoms with Crippen molar-refractivity contribution in [1.82, 2.24) is 10.2 Å². The van der Waals surface area contributed by atoms with Gasteiger partial charge in [0.2, 0.25) is 0 Å². The molecule has 1 aliphatic heterocycles. The molecular weight excluding hydrogens is 172 g/mol. The van der Waals surface area contributed by atoms with Gasteiger partial charge < -0.3 is 5.32 Å². The van der Waals surface area contributed by atoms with Crippen LogP contribution in [0.5, 0.6) is 0 Å². The first-order valence-corrected chi connectivity index (χ1v) is 6.37. The molecule has 0 amide bonds. The molecule has 0 aromatic heterocycles. The third-order valence-electron chi connectivity index (χ3n) is 3.44. The number of hydrogen-bond acceptors (Lipinski definition) is 2. The summed E-state index contributed by atoms with van der Waals surface area (Å²) in [7, 11) is 0. The molecular formula is C12H24N2. The van der Waals surface area contributed by atoms with Gasteiger partial charge in [0, 0.05) is 18.6 Å². The molecule has 0 aromatic rings. The minimum atomic E-state index is 0.788. The van der Waals surface area contributed by atoms with Crippen molar-refractivity contribution in [2.24, 2.45) is 0 Å². The largest absolute Gasteiger partial charge is 0.313 e. The van der Waals surface area contributed by atoms with Gasteiger partial charge in [0.25, 0.3) is 0 Å². The number of nitrogens with one attached hydrogen (secondary N) is 1. The number of rotatable bonds is 5. The zero-order chi connectivity index (χ0) is 9.80. The van der Waals surface area contributed by atoms with E-state index in [1.54, 1.807) is 0 Å². The summed E-state index contributed by atoms with van der Waals surface area (Å²) in [6.07, 6.45) is 8.42. The third-order valence-corrected chi connectivity index (χ3v) is 3.44. The molecule has 82 valence electrons. The Morgan fingerprint density at radius 2 is 2.07 bits per heavy atom. The lowest BCUT2D eigenvalue weighted by Gasteiger charge is -2.30. The van der Waals surface area contributed by atoms with Crippen LogP contribution in [0.4, 0.5) is 0 Å². The number of piperidine rings is 1. The predicted octanol–water partition coefficient (Wildman–Crippen LogP) is 2.00. The molecule has 1 saturated heterocycles. The third kappa shape index (κ3) is 2.96. The van der Waals surface area contributed by atoms with E-state index in [0.717, 1.165) is 12.1 Å². The first kappa shape index (κ1) is 10.4. The second-order valence-electron chi connectivity index (χ2n) is 4.87. The van der Waals surface area contributed by atoms with Crippen LogP contribution in [0.1, 0.15) is 45.4 Å². The Morgan fingerprint density at radius 1 is 1.21 bits per heavy atom. The van der Waals surface area contributed by atoms with E-state index < -0.39 is 0 Å². The molecule has 0 spiro atoms. The predicted molar refractivity (Wildman–Crippen MR) is 60.5 cm³/mol. The van der Waals surface area contributed by atoms with Crippen molar-refractivity contribution >= 4 is 0 Å². The van der Waals surface area contributed by atoms with Crippen molar-refractivity contribution in [3.05, 3.63) is 0 Å². The van der Waals surface area contributed by atoms with Crippen LogP contribution >= 0.6 is 0 Å². The van der Waals surface area contributed by atoms with E-state index in [-0.39, 0.29) is 0 Å². The van der Waals surface area contributed by atoms with Gasteiger partial charge in [0.1, 0.15) is 0 Å². The Morgan fingerprint density at radius 3 is 2.64 bits per heavy atom. The first-order valence-electron chi connectivity index (χ1n) is 6.37. The summed E-state index contributed by atoms with van der Waals surface area (Å²) in [5.74, 6) is 0. The van der Waals surface area contributed by atoms with E-state index in [0.29, 0.717) is 0 Å². The van der Waals surface area contributed by atoms with Gasteiger partial charge in [-0.3, -0.25) is 4.90 Å². The van der Waals surface area contributed by atoms with Gasteiger partial charge in [-0.25, -0.2) is 0 Å². The average molecular weight is 196 g/mol. The molecule has 14 heavy (non-hydrogen) atoms. The topological polar surface area (TPSA) is 15.3 Å². The fourth-order valence-electron chi connectivity index (χ4n) is 2.51. The minimum Gasteiger partial charge on any atom is -0.313 e. The van der Waals surface area contributed by atoms with Crippen LogP contribution in [-0.4, -0.2) is 36.6 Å². The summed E-state index contributed by atoms with van der Waals surface area (Å²) >= 11 is 0. The summed E-state index contributed by atoms with van der Waals surface area (Å²) in [4.78, 5) is 2.71. The Kier molecular flexibility index (Phi) is 3.82. The van der Waals surface area contributed by atoms with Crippen molar-refractivity contribution in [2.45, 2.75) is 57.5 Å². The maximum atomic E-state index is 3.65. The highest BCUT2D eigenvalue weighted by molar-refractivity contribution is 4.87. The maximum absolute atomic E-state index is 3.65. The zero-order valence-corrected chi connectivity index (χ0v) is 9.47. The van der Waals surface area contributed by atoms with Crippen LogP contribution in [-0.2, 0) is 0 Å². The summed E-state index contributed by atoms with van der Waals surface area (Å²) in [6, 6.07) is 1.73. The van der Waals surface area contributed by atoms with Crippen molar-refractivity contribution in [1.29, 1.82) is 0 Å². The molecule has 1 heterocycles. The maximum Gasteiger partial charge on any atom is 0.0195 e. The molecule has 0 radical (unpaired) electrons. The van der Waals surface area contributed by atoms with Gasteiger partial charge in [-0.1, -0.05) is 13.3 Å². The second-order valence-corrected chi connectivity index (χ2v) is 4.87. The van der Waals surface area contributed by atoms with Crippen LogP contribution in [0.15, 0.2) is 0 Å². The standard InChI is InChI=1S/C12H24N2/c1-2-9-14(12-6-7-12)10-11-5-3-4-8-13-11/h11-13H,2-10H2,1H3. The molecule has 0 aromatic carbocycles. The van der Waals surface area contributed by atoms with Gasteiger partial charge in [-0.05, 0) is 45.2 Å². The van der Waals surface area contributed by atoms with E-state index in [1.165, 1.54) is 58.2 Å². The molecule has 2 nitrogen and oxygen atoms in total. The van der Waals surface area contributed by atoms with Crippen LogP contribution in [0.25, 0.3) is 0 Å². The monoisotopic (exact) mass is 196 g/mol. The highest BCUT2D eigenvalue weighted by atomic mass is 15.2. The minimum absolute atomic E-state index is 0.788.